The number of benzene rings is 2. The molecule has 0 aromatic heterocycles. The van der Waals surface area contributed by atoms with Crippen LogP contribution in [0.2, 0.25) is 0 Å². The maximum absolute atomic E-state index is 13.3. The summed E-state index contributed by atoms with van der Waals surface area (Å²) in [4.78, 5) is 26.6. The molecule has 2 atom stereocenters. The van der Waals surface area contributed by atoms with Crippen molar-refractivity contribution in [3.05, 3.63) is 79.7 Å². The highest BCUT2D eigenvalue weighted by Crippen LogP contribution is 2.71. The van der Waals surface area contributed by atoms with Gasteiger partial charge < -0.3 is 9.47 Å². The van der Waals surface area contributed by atoms with Gasteiger partial charge in [-0.25, -0.2) is 9.59 Å². The Balaban J connectivity index is 2.05. The number of carbonyl (C=O) groups is 2. The molecule has 0 fully saturated rings. The standard InChI is InChI=1S/C27H26Br2O4/c1-5-32-24(30)22-23(25(31)33-6-2)27(4)15-26(22,3)20(16-7-11-18(28)12-8-16)21(27)17-9-13-19(29)14-10-17/h7-14H,5-6,15H2,1-4H3. The molecular weight excluding hydrogens is 548 g/mol. The summed E-state index contributed by atoms with van der Waals surface area (Å²) in [6, 6.07) is 16.2. The lowest BCUT2D eigenvalue weighted by Crippen LogP contribution is -2.30. The van der Waals surface area contributed by atoms with Crippen LogP contribution in [0, 0.1) is 10.8 Å². The summed E-state index contributed by atoms with van der Waals surface area (Å²) in [5.41, 5.74) is 3.60. The Labute approximate surface area is 211 Å². The van der Waals surface area contributed by atoms with Crippen LogP contribution < -0.4 is 0 Å². The third-order valence-corrected chi connectivity index (χ3v) is 7.70. The Morgan fingerprint density at radius 2 is 1.06 bits per heavy atom. The van der Waals surface area contributed by atoms with E-state index in [4.69, 9.17) is 9.47 Å². The molecule has 4 nitrogen and oxygen atoms in total. The molecule has 2 bridgehead atoms. The van der Waals surface area contributed by atoms with E-state index in [-0.39, 0.29) is 13.2 Å². The molecule has 0 amide bonds. The highest BCUT2D eigenvalue weighted by Gasteiger charge is 2.64. The molecule has 33 heavy (non-hydrogen) atoms. The third kappa shape index (κ3) is 3.81. The Morgan fingerprint density at radius 3 is 1.36 bits per heavy atom. The summed E-state index contributed by atoms with van der Waals surface area (Å²) in [5.74, 6) is -0.896. The third-order valence-electron chi connectivity index (χ3n) is 6.64. The second kappa shape index (κ2) is 8.88. The van der Waals surface area contributed by atoms with E-state index in [9.17, 15) is 9.59 Å². The number of hydrogen-bond acceptors (Lipinski definition) is 4. The van der Waals surface area contributed by atoms with Gasteiger partial charge in [-0.3, -0.25) is 0 Å². The quantitative estimate of drug-likeness (QED) is 0.350. The second-order valence-electron chi connectivity index (χ2n) is 8.80. The average molecular weight is 574 g/mol. The Kier molecular flexibility index (Phi) is 6.45. The molecule has 4 rings (SSSR count). The lowest BCUT2D eigenvalue weighted by atomic mass is 9.69. The summed E-state index contributed by atoms with van der Waals surface area (Å²) >= 11 is 7.05. The summed E-state index contributed by atoms with van der Waals surface area (Å²) < 4.78 is 12.9. The van der Waals surface area contributed by atoms with Crippen molar-refractivity contribution in [3.63, 3.8) is 0 Å². The zero-order valence-corrected chi connectivity index (χ0v) is 22.3. The number of esters is 2. The second-order valence-corrected chi connectivity index (χ2v) is 10.6. The SMILES string of the molecule is CCOC(=O)C1=C(C(=O)OCC)C2(C)CC1(C)C(c1ccc(Br)cc1)=C2c1ccc(Br)cc1. The van der Waals surface area contributed by atoms with Crippen molar-refractivity contribution in [2.24, 2.45) is 10.8 Å². The van der Waals surface area contributed by atoms with Crippen LogP contribution in [0.15, 0.2) is 68.6 Å². The molecule has 0 saturated carbocycles. The van der Waals surface area contributed by atoms with Crippen molar-refractivity contribution in [1.29, 1.82) is 0 Å². The van der Waals surface area contributed by atoms with E-state index in [0.29, 0.717) is 17.6 Å². The highest BCUT2D eigenvalue weighted by molar-refractivity contribution is 9.10. The molecule has 2 aliphatic carbocycles. The largest absolute Gasteiger partial charge is 0.463 e. The number of ether oxygens (including phenoxy) is 2. The Morgan fingerprint density at radius 1 is 0.727 bits per heavy atom. The molecule has 0 saturated heterocycles. The number of halogens is 2. The first-order chi connectivity index (χ1) is 15.7. The molecule has 2 unspecified atom stereocenters. The summed E-state index contributed by atoms with van der Waals surface area (Å²) in [6.07, 6.45) is 0.596. The Bertz CT molecular complexity index is 1090. The minimum atomic E-state index is -0.695. The minimum Gasteiger partial charge on any atom is -0.463 e. The van der Waals surface area contributed by atoms with Gasteiger partial charge in [0.05, 0.1) is 24.4 Å². The summed E-state index contributed by atoms with van der Waals surface area (Å²) in [6.45, 7) is 8.13. The molecule has 0 radical (unpaired) electrons. The van der Waals surface area contributed by atoms with E-state index in [2.05, 4.69) is 56.1 Å². The average Bonchev–Trinajstić information content (AvgIpc) is 3.16. The fourth-order valence-electron chi connectivity index (χ4n) is 5.63. The predicted octanol–water partition coefficient (Wildman–Crippen LogP) is 6.98. The van der Waals surface area contributed by atoms with E-state index < -0.39 is 22.8 Å². The zero-order chi connectivity index (χ0) is 24.0. The molecule has 2 aromatic rings. The van der Waals surface area contributed by atoms with Gasteiger partial charge in [0.2, 0.25) is 0 Å². The molecule has 172 valence electrons. The van der Waals surface area contributed by atoms with Gasteiger partial charge in [-0.15, -0.1) is 0 Å². The number of rotatable bonds is 6. The van der Waals surface area contributed by atoms with E-state index in [1.807, 2.05) is 38.1 Å². The fraction of sp³-hybridized carbons (Fsp3) is 0.333. The van der Waals surface area contributed by atoms with Crippen molar-refractivity contribution in [2.45, 2.75) is 34.1 Å². The van der Waals surface area contributed by atoms with Crippen LogP contribution in [0.4, 0.5) is 0 Å². The highest BCUT2D eigenvalue weighted by atomic mass is 79.9. The maximum atomic E-state index is 13.3. The molecule has 0 aliphatic heterocycles. The molecule has 0 spiro atoms. The van der Waals surface area contributed by atoms with Gasteiger partial charge in [0.15, 0.2) is 0 Å². The lowest BCUT2D eigenvalue weighted by Gasteiger charge is -2.34. The first-order valence-corrected chi connectivity index (χ1v) is 12.6. The van der Waals surface area contributed by atoms with Gasteiger partial charge in [0.25, 0.3) is 0 Å². The predicted molar refractivity (Wildman–Crippen MR) is 136 cm³/mol. The Hall–Kier alpha value is -2.18. The van der Waals surface area contributed by atoms with Crippen molar-refractivity contribution in [2.75, 3.05) is 13.2 Å². The smallest absolute Gasteiger partial charge is 0.335 e. The maximum Gasteiger partial charge on any atom is 0.335 e. The monoisotopic (exact) mass is 572 g/mol. The van der Waals surface area contributed by atoms with E-state index >= 15 is 0 Å². The normalized spacial score (nSPS) is 23.8. The van der Waals surface area contributed by atoms with Gasteiger partial charge >= 0.3 is 11.9 Å². The molecular formula is C27H26Br2O4. The van der Waals surface area contributed by atoms with E-state index in [0.717, 1.165) is 31.2 Å². The zero-order valence-electron chi connectivity index (χ0n) is 19.1. The van der Waals surface area contributed by atoms with Crippen LogP contribution in [-0.2, 0) is 19.1 Å². The molecule has 0 N–H and O–H groups in total. The van der Waals surface area contributed by atoms with Gasteiger partial charge in [0.1, 0.15) is 0 Å². The number of hydrogen-bond donors (Lipinski definition) is 0. The molecule has 0 heterocycles. The van der Waals surface area contributed by atoms with Gasteiger partial charge in [-0.2, -0.15) is 0 Å². The summed E-state index contributed by atoms with van der Waals surface area (Å²) in [7, 11) is 0. The van der Waals surface area contributed by atoms with Crippen LogP contribution in [0.1, 0.15) is 45.2 Å². The van der Waals surface area contributed by atoms with Crippen molar-refractivity contribution in [1.82, 2.24) is 0 Å². The van der Waals surface area contributed by atoms with E-state index in [1.165, 1.54) is 0 Å². The summed E-state index contributed by atoms with van der Waals surface area (Å²) in [5, 5.41) is 0. The fourth-order valence-corrected chi connectivity index (χ4v) is 6.16. The van der Waals surface area contributed by atoms with E-state index in [1.54, 1.807) is 13.8 Å². The number of carbonyl (C=O) groups excluding carboxylic acids is 2. The van der Waals surface area contributed by atoms with Crippen molar-refractivity contribution in [3.8, 4) is 0 Å². The molecule has 6 heteroatoms. The van der Waals surface area contributed by atoms with Crippen LogP contribution in [0.25, 0.3) is 11.1 Å². The molecule has 2 aromatic carbocycles. The first kappa shape index (κ1) is 24.0. The minimum absolute atomic E-state index is 0.238. The van der Waals surface area contributed by atoms with Crippen LogP contribution in [-0.4, -0.2) is 25.2 Å². The van der Waals surface area contributed by atoms with Gasteiger partial charge in [0, 0.05) is 19.8 Å². The van der Waals surface area contributed by atoms with Gasteiger partial charge in [-0.05, 0) is 66.8 Å². The molecule has 2 aliphatic rings. The van der Waals surface area contributed by atoms with Crippen LogP contribution in [0.5, 0.6) is 0 Å². The first-order valence-electron chi connectivity index (χ1n) is 11.0. The number of allylic oxidation sites excluding steroid dienone is 2. The van der Waals surface area contributed by atoms with Gasteiger partial charge in [-0.1, -0.05) is 70.0 Å². The van der Waals surface area contributed by atoms with Crippen molar-refractivity contribution < 1.29 is 19.1 Å². The number of fused-ring (bicyclic) bond motifs is 2. The van der Waals surface area contributed by atoms with Crippen LogP contribution in [0.3, 0.4) is 0 Å². The van der Waals surface area contributed by atoms with Crippen LogP contribution >= 0.6 is 31.9 Å². The lowest BCUT2D eigenvalue weighted by molar-refractivity contribution is -0.142. The topological polar surface area (TPSA) is 52.6 Å². The van der Waals surface area contributed by atoms with Crippen molar-refractivity contribution >= 4 is 54.9 Å².